The molecule has 0 bridgehead atoms. The van der Waals surface area contributed by atoms with Crippen molar-refractivity contribution in [1.82, 2.24) is 0 Å². The summed E-state index contributed by atoms with van der Waals surface area (Å²) in [5.74, 6) is -1.29. The molecule has 16 heteroatoms. The van der Waals surface area contributed by atoms with E-state index in [1.54, 1.807) is 0 Å². The molecule has 2 saturated heterocycles. The molecule has 10 atom stereocenters. The van der Waals surface area contributed by atoms with Gasteiger partial charge in [-0.05, 0) is 33.4 Å². The molecule has 0 aromatic heterocycles. The van der Waals surface area contributed by atoms with Crippen LogP contribution in [0.15, 0.2) is 182 Å². The zero-order chi connectivity index (χ0) is 51.5. The van der Waals surface area contributed by atoms with E-state index in [0.717, 1.165) is 33.4 Å². The van der Waals surface area contributed by atoms with E-state index in [4.69, 9.17) is 92.3 Å². The first-order chi connectivity index (χ1) is 36.1. The summed E-state index contributed by atoms with van der Waals surface area (Å²) in [7, 11) is 0. The molecule has 13 nitrogen and oxygen atoms in total. The Labute approximate surface area is 447 Å². The molecule has 6 aromatic rings. The van der Waals surface area contributed by atoms with Gasteiger partial charge in [0, 0.05) is 6.92 Å². The van der Waals surface area contributed by atoms with Crippen LogP contribution < -0.4 is 0 Å². The van der Waals surface area contributed by atoms with Gasteiger partial charge in [0.15, 0.2) is 12.4 Å². The first kappa shape index (κ1) is 55.0. The van der Waals surface area contributed by atoms with Crippen LogP contribution in [0.2, 0.25) is 0 Å². The van der Waals surface area contributed by atoms with Crippen LogP contribution >= 0.6 is 34.8 Å². The smallest absolute Gasteiger partial charge is 0.303 e. The number of alkyl halides is 3. The van der Waals surface area contributed by atoms with Crippen molar-refractivity contribution in [2.24, 2.45) is 0 Å². The number of halogens is 3. The molecule has 0 saturated carbocycles. The Balaban J connectivity index is 1.21. The van der Waals surface area contributed by atoms with E-state index < -0.39 is 77.1 Å². The predicted molar refractivity (Wildman–Crippen MR) is 279 cm³/mol. The van der Waals surface area contributed by atoms with Crippen LogP contribution in [0.5, 0.6) is 0 Å². The van der Waals surface area contributed by atoms with Gasteiger partial charge < -0.3 is 52.1 Å². The zero-order valence-electron chi connectivity index (χ0n) is 40.8. The van der Waals surface area contributed by atoms with Gasteiger partial charge in [-0.15, -0.1) is 0 Å². The number of ether oxygens (including phenoxy) is 11. The minimum atomic E-state index is -2.26. The molecule has 390 valence electrons. The summed E-state index contributed by atoms with van der Waals surface area (Å²) in [5, 5.41) is 8.74. The number of hydrogen-bond acceptors (Lipinski definition) is 13. The largest absolute Gasteiger partial charge is 0.457 e. The van der Waals surface area contributed by atoms with Gasteiger partial charge in [0.05, 0.1) is 52.9 Å². The van der Waals surface area contributed by atoms with E-state index in [2.05, 4.69) is 0 Å². The van der Waals surface area contributed by atoms with E-state index in [0.29, 0.717) is 0 Å². The molecule has 2 heterocycles. The molecule has 2 fully saturated rings. The lowest BCUT2D eigenvalue weighted by atomic mass is 9.95. The third-order valence-corrected chi connectivity index (χ3v) is 12.7. The Morgan fingerprint density at radius 2 is 0.757 bits per heavy atom. The third-order valence-electron chi connectivity index (χ3n) is 12.2. The van der Waals surface area contributed by atoms with Gasteiger partial charge in [-0.1, -0.05) is 217 Å². The molecular weight excluding hydrogens is 1010 g/mol. The number of benzene rings is 6. The van der Waals surface area contributed by atoms with E-state index in [9.17, 15) is 4.79 Å². The molecule has 74 heavy (non-hydrogen) atoms. The van der Waals surface area contributed by atoms with Gasteiger partial charge in [0.25, 0.3) is 3.79 Å². The van der Waals surface area contributed by atoms with Crippen molar-refractivity contribution in [2.75, 3.05) is 13.2 Å². The molecule has 2 aliphatic heterocycles. The maximum atomic E-state index is 13.4. The Kier molecular flexibility index (Phi) is 20.9. The summed E-state index contributed by atoms with van der Waals surface area (Å²) < 4.78 is 71.4. The molecule has 8 rings (SSSR count). The predicted octanol–water partition coefficient (Wildman–Crippen LogP) is 10.9. The highest BCUT2D eigenvalue weighted by Gasteiger charge is 2.56. The second-order valence-corrected chi connectivity index (χ2v) is 20.0. The van der Waals surface area contributed by atoms with E-state index in [1.165, 1.54) is 6.92 Å². The lowest BCUT2D eigenvalue weighted by Gasteiger charge is -2.50. The Hall–Kier alpha value is -5.23. The second kappa shape index (κ2) is 28.1. The lowest BCUT2D eigenvalue weighted by molar-refractivity contribution is -0.370. The van der Waals surface area contributed by atoms with Crippen molar-refractivity contribution < 1.29 is 56.9 Å². The van der Waals surface area contributed by atoms with Crippen molar-refractivity contribution in [3.05, 3.63) is 215 Å². The van der Waals surface area contributed by atoms with Crippen LogP contribution in [0, 0.1) is 5.41 Å². The zero-order valence-corrected chi connectivity index (χ0v) is 43.1. The maximum Gasteiger partial charge on any atom is 0.303 e. The summed E-state index contributed by atoms with van der Waals surface area (Å²) in [6.45, 7) is 2.03. The van der Waals surface area contributed by atoms with Crippen molar-refractivity contribution >= 4 is 46.7 Å². The van der Waals surface area contributed by atoms with Crippen LogP contribution in [0.4, 0.5) is 0 Å². The van der Waals surface area contributed by atoms with Gasteiger partial charge in [-0.25, -0.2) is 0 Å². The van der Waals surface area contributed by atoms with Crippen molar-refractivity contribution in [3.8, 4) is 0 Å². The van der Waals surface area contributed by atoms with Crippen LogP contribution in [0.3, 0.4) is 0 Å². The quantitative estimate of drug-likeness (QED) is 0.0267. The number of nitrogens with one attached hydrogen (secondary N) is 1. The summed E-state index contributed by atoms with van der Waals surface area (Å²) in [4.78, 5) is 13.4. The fourth-order valence-corrected chi connectivity index (χ4v) is 8.74. The highest BCUT2D eigenvalue weighted by molar-refractivity contribution is 6.76. The number of carbonyl (C=O) groups excluding carboxylic acids is 1. The van der Waals surface area contributed by atoms with Gasteiger partial charge in [-0.3, -0.25) is 10.2 Å². The number of esters is 1. The summed E-state index contributed by atoms with van der Waals surface area (Å²) in [6, 6.07) is 57.7. The molecule has 2 aliphatic rings. The summed E-state index contributed by atoms with van der Waals surface area (Å²) in [6.07, 6.45) is -11.2. The molecule has 0 amide bonds. The van der Waals surface area contributed by atoms with Gasteiger partial charge in [-0.2, -0.15) is 0 Å². The van der Waals surface area contributed by atoms with E-state index in [1.807, 2.05) is 182 Å². The van der Waals surface area contributed by atoms with Crippen molar-refractivity contribution in [2.45, 2.75) is 112 Å². The van der Waals surface area contributed by atoms with Crippen LogP contribution in [0.1, 0.15) is 40.3 Å². The second-order valence-electron chi connectivity index (χ2n) is 17.8. The average Bonchev–Trinajstić information content (AvgIpc) is 3.41. The first-order valence-electron chi connectivity index (χ1n) is 24.4. The number of carbonyl (C=O) groups is 1. The molecule has 0 spiro atoms. The number of hydrogen-bond donors (Lipinski definition) is 1. The van der Waals surface area contributed by atoms with Crippen LogP contribution in [-0.2, 0) is 96.5 Å². The number of rotatable bonds is 24. The lowest BCUT2D eigenvalue weighted by Crippen LogP contribution is -2.66. The Morgan fingerprint density at radius 3 is 1.14 bits per heavy atom. The van der Waals surface area contributed by atoms with Crippen LogP contribution in [-0.4, -0.2) is 90.3 Å². The van der Waals surface area contributed by atoms with Crippen molar-refractivity contribution in [1.29, 1.82) is 5.41 Å². The van der Waals surface area contributed by atoms with Crippen molar-refractivity contribution in [3.63, 3.8) is 0 Å². The highest BCUT2D eigenvalue weighted by Crippen LogP contribution is 2.38. The van der Waals surface area contributed by atoms with Gasteiger partial charge in [0.2, 0.25) is 12.2 Å². The SMILES string of the molecule is CC(=O)O[C@H]1[C@@H](OCc2ccccc2)[C@@H](COCc2ccccc2)O[C@@H](O[C@H]2[C@H](OCc3ccccc3)[C@@H](OCc3ccccc3)C(OC(=N)C(Cl)(Cl)Cl)O[C@@H]2COCc2ccccc2)[C@@H]1OCc1ccccc1. The third kappa shape index (κ3) is 16.4. The monoisotopic (exact) mass is 1070 g/mol. The molecule has 1 unspecified atom stereocenters. The highest BCUT2D eigenvalue weighted by atomic mass is 35.6. The van der Waals surface area contributed by atoms with Gasteiger partial charge in [0.1, 0.15) is 42.7 Å². The molecule has 0 aliphatic carbocycles. The van der Waals surface area contributed by atoms with E-state index in [-0.39, 0.29) is 52.9 Å². The van der Waals surface area contributed by atoms with E-state index >= 15 is 0 Å². The standard InChI is InChI=1S/C58H60Cl3NO12/c1-40(63)70-52-49(66-34-43-24-12-4-13-25-43)47(38-64-32-41-20-8-2-9-21-41)71-55(54(52)69-37-46-30-18-7-19-31-46)73-50-48(39-65-33-42-22-10-3-11-23-42)72-56(74-57(62)58(59,60)61)53(68-36-45-28-16-6-17-29-45)51(50)67-35-44-26-14-5-15-27-44/h2-31,47-56,62H,32-39H2,1H3/t47-,48-,49+,50-,51+,52+,53-,54-,55+,56?/m1/s1. The van der Waals surface area contributed by atoms with Gasteiger partial charge >= 0.3 is 5.97 Å². The van der Waals surface area contributed by atoms with Crippen LogP contribution in [0.25, 0.3) is 0 Å². The normalized spacial score (nSPS) is 23.9. The molecule has 0 radical (unpaired) electrons. The maximum absolute atomic E-state index is 13.4. The molecule has 1 N–H and O–H groups in total. The Morgan fingerprint density at radius 1 is 0.432 bits per heavy atom. The first-order valence-corrected chi connectivity index (χ1v) is 25.5. The topological polar surface area (TPSA) is 142 Å². The average molecular weight is 1070 g/mol. The summed E-state index contributed by atoms with van der Waals surface area (Å²) in [5.41, 5.74) is 5.23. The minimum absolute atomic E-state index is 0.00599. The summed E-state index contributed by atoms with van der Waals surface area (Å²) >= 11 is 18.8. The fourth-order valence-electron chi connectivity index (χ4n) is 8.60. The Bertz CT molecular complexity index is 2570. The minimum Gasteiger partial charge on any atom is -0.457 e. The fraction of sp³-hybridized carbons (Fsp3) is 0.345. The molecular formula is C58H60Cl3NO12. The molecule has 6 aromatic carbocycles.